The number of carboxylic acids is 1. The Morgan fingerprint density at radius 1 is 1.39 bits per heavy atom. The third kappa shape index (κ3) is 3.41. The molecule has 8 heteroatoms. The molecule has 2 rings (SSSR count). The van der Waals surface area contributed by atoms with Crippen LogP contribution in [0.2, 0.25) is 0 Å². The van der Waals surface area contributed by atoms with Crippen molar-refractivity contribution in [1.82, 2.24) is 24.9 Å². The standard InChI is InChI=1S/C15H21N5O3/c1-5-19-10(3)12(8-16-19)9(2)17-14(21)13-6-7-20(18-13)11(4)15(22)23/h6-9,11H,5H2,1-4H3,(H,17,21)(H,22,23). The van der Waals surface area contributed by atoms with Crippen molar-refractivity contribution in [2.24, 2.45) is 0 Å². The first-order chi connectivity index (χ1) is 10.8. The predicted molar refractivity (Wildman–Crippen MR) is 83.1 cm³/mol. The van der Waals surface area contributed by atoms with E-state index in [1.165, 1.54) is 23.9 Å². The quantitative estimate of drug-likeness (QED) is 0.841. The number of carboxylic acid groups (broad SMARTS) is 1. The molecule has 23 heavy (non-hydrogen) atoms. The van der Waals surface area contributed by atoms with Gasteiger partial charge in [-0.05, 0) is 33.8 Å². The molecule has 0 aromatic carbocycles. The second-order valence-electron chi connectivity index (χ2n) is 5.39. The van der Waals surface area contributed by atoms with Crippen molar-refractivity contribution in [3.63, 3.8) is 0 Å². The smallest absolute Gasteiger partial charge is 0.328 e. The van der Waals surface area contributed by atoms with Crippen LogP contribution in [-0.2, 0) is 11.3 Å². The molecule has 2 aromatic rings. The average Bonchev–Trinajstić information content (AvgIpc) is 3.12. The van der Waals surface area contributed by atoms with Crippen molar-refractivity contribution in [3.8, 4) is 0 Å². The summed E-state index contributed by atoms with van der Waals surface area (Å²) in [5, 5.41) is 20.1. The highest BCUT2D eigenvalue weighted by Gasteiger charge is 2.20. The fraction of sp³-hybridized carbons (Fsp3) is 0.467. The van der Waals surface area contributed by atoms with Gasteiger partial charge in [-0.2, -0.15) is 10.2 Å². The Labute approximate surface area is 134 Å². The van der Waals surface area contributed by atoms with Gasteiger partial charge in [-0.1, -0.05) is 0 Å². The maximum atomic E-state index is 12.3. The molecule has 0 saturated carbocycles. The second-order valence-corrected chi connectivity index (χ2v) is 5.39. The number of aromatic nitrogens is 4. The Balaban J connectivity index is 2.09. The molecule has 2 heterocycles. The molecule has 0 aliphatic rings. The SMILES string of the molecule is CCn1ncc(C(C)NC(=O)c2ccn(C(C)C(=O)O)n2)c1C. The van der Waals surface area contributed by atoms with Gasteiger partial charge in [0.1, 0.15) is 11.7 Å². The van der Waals surface area contributed by atoms with Crippen LogP contribution < -0.4 is 5.32 Å². The lowest BCUT2D eigenvalue weighted by atomic mass is 10.1. The Morgan fingerprint density at radius 2 is 2.09 bits per heavy atom. The van der Waals surface area contributed by atoms with E-state index in [1.54, 1.807) is 6.20 Å². The van der Waals surface area contributed by atoms with Gasteiger partial charge in [0.25, 0.3) is 5.91 Å². The summed E-state index contributed by atoms with van der Waals surface area (Å²) in [4.78, 5) is 23.2. The second kappa shape index (κ2) is 6.64. The maximum absolute atomic E-state index is 12.3. The minimum Gasteiger partial charge on any atom is -0.480 e. The highest BCUT2D eigenvalue weighted by Crippen LogP contribution is 2.17. The molecule has 2 atom stereocenters. The van der Waals surface area contributed by atoms with E-state index in [-0.39, 0.29) is 17.6 Å². The van der Waals surface area contributed by atoms with Crippen LogP contribution in [0, 0.1) is 6.92 Å². The number of carbonyl (C=O) groups is 2. The Hall–Kier alpha value is -2.64. The van der Waals surface area contributed by atoms with Crippen molar-refractivity contribution >= 4 is 11.9 Å². The maximum Gasteiger partial charge on any atom is 0.328 e. The summed E-state index contributed by atoms with van der Waals surface area (Å²) in [6.45, 7) is 8.10. The number of amides is 1. The van der Waals surface area contributed by atoms with Gasteiger partial charge in [0, 0.05) is 24.0 Å². The van der Waals surface area contributed by atoms with Crippen LogP contribution in [0.1, 0.15) is 54.6 Å². The highest BCUT2D eigenvalue weighted by molar-refractivity contribution is 5.92. The molecule has 2 N–H and O–H groups in total. The third-order valence-corrected chi connectivity index (χ3v) is 3.85. The minimum absolute atomic E-state index is 0.186. The van der Waals surface area contributed by atoms with Crippen molar-refractivity contribution < 1.29 is 14.7 Å². The molecule has 124 valence electrons. The van der Waals surface area contributed by atoms with E-state index in [1.807, 2.05) is 25.5 Å². The van der Waals surface area contributed by atoms with Gasteiger partial charge >= 0.3 is 5.97 Å². The van der Waals surface area contributed by atoms with E-state index >= 15 is 0 Å². The summed E-state index contributed by atoms with van der Waals surface area (Å²) in [7, 11) is 0. The Morgan fingerprint density at radius 3 is 2.65 bits per heavy atom. The lowest BCUT2D eigenvalue weighted by Crippen LogP contribution is -2.27. The molecule has 0 aliphatic heterocycles. The number of nitrogens with zero attached hydrogens (tertiary/aromatic N) is 4. The third-order valence-electron chi connectivity index (χ3n) is 3.85. The number of aryl methyl sites for hydroxylation is 1. The first-order valence-electron chi connectivity index (χ1n) is 7.46. The van der Waals surface area contributed by atoms with E-state index < -0.39 is 12.0 Å². The Kier molecular flexibility index (Phi) is 4.83. The minimum atomic E-state index is -1.00. The molecule has 0 radical (unpaired) electrons. The number of nitrogens with one attached hydrogen (secondary N) is 1. The average molecular weight is 319 g/mol. The first-order valence-corrected chi connectivity index (χ1v) is 7.46. The van der Waals surface area contributed by atoms with Crippen LogP contribution in [0.15, 0.2) is 18.5 Å². The zero-order valence-electron chi connectivity index (χ0n) is 13.6. The van der Waals surface area contributed by atoms with Gasteiger partial charge in [0.2, 0.25) is 0 Å². The summed E-state index contributed by atoms with van der Waals surface area (Å²) in [5.74, 6) is -1.35. The van der Waals surface area contributed by atoms with E-state index in [9.17, 15) is 9.59 Å². The highest BCUT2D eigenvalue weighted by atomic mass is 16.4. The van der Waals surface area contributed by atoms with Crippen molar-refractivity contribution in [2.45, 2.75) is 46.3 Å². The molecule has 0 fully saturated rings. The van der Waals surface area contributed by atoms with Crippen LogP contribution in [0.3, 0.4) is 0 Å². The first kappa shape index (κ1) is 16.7. The molecular weight excluding hydrogens is 298 g/mol. The van der Waals surface area contributed by atoms with Gasteiger partial charge < -0.3 is 10.4 Å². The van der Waals surface area contributed by atoms with Gasteiger partial charge in [0.05, 0.1) is 12.2 Å². The molecule has 0 aliphatic carbocycles. The van der Waals surface area contributed by atoms with Crippen LogP contribution in [0.5, 0.6) is 0 Å². The van der Waals surface area contributed by atoms with Gasteiger partial charge in [-0.15, -0.1) is 0 Å². The monoisotopic (exact) mass is 319 g/mol. The van der Waals surface area contributed by atoms with E-state index in [4.69, 9.17) is 5.11 Å². The summed E-state index contributed by atoms with van der Waals surface area (Å²) >= 11 is 0. The number of carbonyl (C=O) groups excluding carboxylic acids is 1. The molecule has 0 bridgehead atoms. The molecule has 8 nitrogen and oxygen atoms in total. The fourth-order valence-electron chi connectivity index (χ4n) is 2.34. The van der Waals surface area contributed by atoms with Crippen molar-refractivity contribution in [3.05, 3.63) is 35.4 Å². The number of rotatable bonds is 6. The fourth-order valence-corrected chi connectivity index (χ4v) is 2.34. The normalized spacial score (nSPS) is 13.6. The summed E-state index contributed by atoms with van der Waals surface area (Å²) in [6.07, 6.45) is 3.23. The lowest BCUT2D eigenvalue weighted by molar-refractivity contribution is -0.140. The predicted octanol–water partition coefficient (Wildman–Crippen LogP) is 1.54. The summed E-state index contributed by atoms with van der Waals surface area (Å²) < 4.78 is 3.11. The van der Waals surface area contributed by atoms with E-state index in [2.05, 4.69) is 15.5 Å². The van der Waals surface area contributed by atoms with E-state index in [0.717, 1.165) is 17.8 Å². The largest absolute Gasteiger partial charge is 0.480 e. The van der Waals surface area contributed by atoms with Gasteiger partial charge in [-0.25, -0.2) is 4.79 Å². The summed E-state index contributed by atoms with van der Waals surface area (Å²) in [6, 6.07) is 0.466. The number of hydrogen-bond acceptors (Lipinski definition) is 4. The topological polar surface area (TPSA) is 102 Å². The van der Waals surface area contributed by atoms with Crippen LogP contribution in [-0.4, -0.2) is 36.5 Å². The van der Waals surface area contributed by atoms with E-state index in [0.29, 0.717) is 0 Å². The van der Waals surface area contributed by atoms with Crippen molar-refractivity contribution in [2.75, 3.05) is 0 Å². The lowest BCUT2D eigenvalue weighted by Gasteiger charge is -2.13. The van der Waals surface area contributed by atoms with Gasteiger partial charge in [-0.3, -0.25) is 14.2 Å². The Bertz CT molecular complexity index is 719. The zero-order chi connectivity index (χ0) is 17.1. The molecule has 1 amide bonds. The molecule has 2 unspecified atom stereocenters. The molecular formula is C15H21N5O3. The van der Waals surface area contributed by atoms with Gasteiger partial charge in [0.15, 0.2) is 0 Å². The zero-order valence-corrected chi connectivity index (χ0v) is 13.6. The van der Waals surface area contributed by atoms with Crippen LogP contribution in [0.25, 0.3) is 0 Å². The van der Waals surface area contributed by atoms with Crippen LogP contribution >= 0.6 is 0 Å². The molecule has 0 spiro atoms. The molecule has 2 aromatic heterocycles. The molecule has 0 saturated heterocycles. The van der Waals surface area contributed by atoms with Crippen molar-refractivity contribution in [1.29, 1.82) is 0 Å². The summed E-state index contributed by atoms with van der Waals surface area (Å²) in [5.41, 5.74) is 2.13. The van der Waals surface area contributed by atoms with Crippen LogP contribution in [0.4, 0.5) is 0 Å². The number of hydrogen-bond donors (Lipinski definition) is 2. The number of aliphatic carboxylic acids is 1.